The number of nitrogens with one attached hydrogen (secondary N) is 1. The molecular formula is C21H24Cl2N2O2S. The van der Waals surface area contributed by atoms with Crippen molar-refractivity contribution in [2.24, 2.45) is 0 Å². The Morgan fingerprint density at radius 1 is 1.11 bits per heavy atom. The summed E-state index contributed by atoms with van der Waals surface area (Å²) in [4.78, 5) is 28.0. The molecule has 28 heavy (non-hydrogen) atoms. The van der Waals surface area contributed by atoms with Crippen molar-refractivity contribution < 1.29 is 9.59 Å². The van der Waals surface area contributed by atoms with Gasteiger partial charge in [-0.3, -0.25) is 9.59 Å². The average Bonchev–Trinajstić information content (AvgIpc) is 2.70. The van der Waals surface area contributed by atoms with Crippen molar-refractivity contribution in [2.75, 3.05) is 12.3 Å². The number of nitrogens with zero attached hydrogens (tertiary/aromatic N) is 1. The van der Waals surface area contributed by atoms with Crippen molar-refractivity contribution in [2.45, 2.75) is 37.8 Å². The van der Waals surface area contributed by atoms with Gasteiger partial charge in [0.2, 0.25) is 11.8 Å². The van der Waals surface area contributed by atoms with Gasteiger partial charge in [0.25, 0.3) is 0 Å². The number of benzene rings is 2. The van der Waals surface area contributed by atoms with E-state index in [2.05, 4.69) is 5.32 Å². The maximum Gasteiger partial charge on any atom is 0.242 e. The molecule has 0 aliphatic rings. The van der Waals surface area contributed by atoms with E-state index < -0.39 is 6.04 Å². The maximum atomic E-state index is 13.0. The number of amides is 2. The fourth-order valence-electron chi connectivity index (χ4n) is 2.55. The van der Waals surface area contributed by atoms with Crippen molar-refractivity contribution >= 4 is 46.8 Å². The van der Waals surface area contributed by atoms with Gasteiger partial charge in [-0.05, 0) is 49.2 Å². The topological polar surface area (TPSA) is 49.4 Å². The standard InChI is InChI=1S/C21H24Cl2N2O2S/c1-3-12-24-21(27)15(2)25(13-16-6-4-5-7-19(16)23)20(26)14-28-18-10-8-17(22)9-11-18/h4-11,15H,3,12-14H2,1-2H3,(H,24,27)/t15-/m1/s1. The Balaban J connectivity index is 2.13. The molecule has 0 saturated carbocycles. The zero-order valence-corrected chi connectivity index (χ0v) is 18.3. The molecule has 4 nitrogen and oxygen atoms in total. The summed E-state index contributed by atoms with van der Waals surface area (Å²) in [6, 6.07) is 14.1. The van der Waals surface area contributed by atoms with Crippen molar-refractivity contribution in [3.63, 3.8) is 0 Å². The molecule has 0 aliphatic carbocycles. The van der Waals surface area contributed by atoms with E-state index in [0.29, 0.717) is 16.6 Å². The van der Waals surface area contributed by atoms with Gasteiger partial charge in [0.1, 0.15) is 6.04 Å². The lowest BCUT2D eigenvalue weighted by molar-refractivity contribution is -0.138. The van der Waals surface area contributed by atoms with Crippen LogP contribution < -0.4 is 5.32 Å². The summed E-state index contributed by atoms with van der Waals surface area (Å²) in [7, 11) is 0. The van der Waals surface area contributed by atoms with Crippen LogP contribution in [0.25, 0.3) is 0 Å². The van der Waals surface area contributed by atoms with E-state index in [-0.39, 0.29) is 24.1 Å². The minimum Gasteiger partial charge on any atom is -0.354 e. The third-order valence-electron chi connectivity index (χ3n) is 4.19. The van der Waals surface area contributed by atoms with Crippen LogP contribution in [-0.2, 0) is 16.1 Å². The van der Waals surface area contributed by atoms with Gasteiger partial charge in [0.15, 0.2) is 0 Å². The van der Waals surface area contributed by atoms with Crippen molar-refractivity contribution in [3.05, 3.63) is 64.1 Å². The Labute approximate surface area is 180 Å². The van der Waals surface area contributed by atoms with Gasteiger partial charge in [-0.1, -0.05) is 48.3 Å². The summed E-state index contributed by atoms with van der Waals surface area (Å²) in [6.07, 6.45) is 0.837. The molecule has 0 heterocycles. The van der Waals surface area contributed by atoms with Crippen LogP contribution >= 0.6 is 35.0 Å². The van der Waals surface area contributed by atoms with E-state index in [1.165, 1.54) is 11.8 Å². The third kappa shape index (κ3) is 6.73. The predicted octanol–water partition coefficient (Wildman–Crippen LogP) is 5.03. The van der Waals surface area contributed by atoms with Crippen LogP contribution in [0.1, 0.15) is 25.8 Å². The van der Waals surface area contributed by atoms with Gasteiger partial charge in [-0.25, -0.2) is 0 Å². The van der Waals surface area contributed by atoms with E-state index in [4.69, 9.17) is 23.2 Å². The molecule has 1 atom stereocenters. The first-order valence-corrected chi connectivity index (χ1v) is 10.9. The van der Waals surface area contributed by atoms with Gasteiger partial charge in [0, 0.05) is 28.0 Å². The molecule has 2 aromatic carbocycles. The zero-order chi connectivity index (χ0) is 20.5. The molecule has 2 aromatic rings. The Morgan fingerprint density at radius 3 is 2.43 bits per heavy atom. The zero-order valence-electron chi connectivity index (χ0n) is 16.0. The lowest BCUT2D eigenvalue weighted by Crippen LogP contribution is -2.48. The number of carbonyl (C=O) groups excluding carboxylic acids is 2. The predicted molar refractivity (Wildman–Crippen MR) is 117 cm³/mol. The van der Waals surface area contributed by atoms with Crippen LogP contribution in [0.15, 0.2) is 53.4 Å². The van der Waals surface area contributed by atoms with Gasteiger partial charge in [0.05, 0.1) is 5.75 Å². The Morgan fingerprint density at radius 2 is 1.79 bits per heavy atom. The van der Waals surface area contributed by atoms with E-state index in [1.807, 2.05) is 37.3 Å². The maximum absolute atomic E-state index is 13.0. The summed E-state index contributed by atoms with van der Waals surface area (Å²) < 4.78 is 0. The molecule has 0 saturated heterocycles. The van der Waals surface area contributed by atoms with Crippen LogP contribution in [0.4, 0.5) is 0 Å². The Bertz CT molecular complexity index is 799. The summed E-state index contributed by atoms with van der Waals surface area (Å²) in [6.45, 7) is 4.59. The number of hydrogen-bond donors (Lipinski definition) is 1. The molecule has 0 fully saturated rings. The van der Waals surface area contributed by atoms with Gasteiger partial charge in [-0.15, -0.1) is 11.8 Å². The van der Waals surface area contributed by atoms with Gasteiger partial charge in [-0.2, -0.15) is 0 Å². The highest BCUT2D eigenvalue weighted by molar-refractivity contribution is 8.00. The largest absolute Gasteiger partial charge is 0.354 e. The molecule has 0 unspecified atom stereocenters. The van der Waals surface area contributed by atoms with E-state index in [1.54, 1.807) is 30.0 Å². The fourth-order valence-corrected chi connectivity index (χ4v) is 3.65. The van der Waals surface area contributed by atoms with Crippen LogP contribution in [0.2, 0.25) is 10.0 Å². The minimum absolute atomic E-state index is 0.126. The lowest BCUT2D eigenvalue weighted by Gasteiger charge is -2.29. The Hall–Kier alpha value is -1.69. The van der Waals surface area contributed by atoms with E-state index >= 15 is 0 Å². The second-order valence-electron chi connectivity index (χ2n) is 6.32. The molecule has 0 aromatic heterocycles. The normalized spacial score (nSPS) is 11.7. The smallest absolute Gasteiger partial charge is 0.242 e. The molecule has 150 valence electrons. The first-order chi connectivity index (χ1) is 13.4. The molecule has 1 N–H and O–H groups in total. The number of thioether (sulfide) groups is 1. The number of hydrogen-bond acceptors (Lipinski definition) is 3. The molecule has 0 aliphatic heterocycles. The average molecular weight is 439 g/mol. The first kappa shape index (κ1) is 22.6. The van der Waals surface area contributed by atoms with E-state index in [9.17, 15) is 9.59 Å². The quantitative estimate of drug-likeness (QED) is 0.558. The second kappa shape index (κ2) is 11.3. The molecular weight excluding hydrogens is 415 g/mol. The Kier molecular flexibility index (Phi) is 9.16. The third-order valence-corrected chi connectivity index (χ3v) is 5.81. The number of rotatable bonds is 9. The van der Waals surface area contributed by atoms with Gasteiger partial charge >= 0.3 is 0 Å². The lowest BCUT2D eigenvalue weighted by atomic mass is 10.1. The first-order valence-electron chi connectivity index (χ1n) is 9.11. The summed E-state index contributed by atoms with van der Waals surface area (Å²) in [5.41, 5.74) is 0.809. The second-order valence-corrected chi connectivity index (χ2v) is 8.22. The number of halogens is 2. The minimum atomic E-state index is -0.596. The monoisotopic (exact) mass is 438 g/mol. The molecule has 2 rings (SSSR count). The van der Waals surface area contributed by atoms with Crippen molar-refractivity contribution in [3.8, 4) is 0 Å². The summed E-state index contributed by atoms with van der Waals surface area (Å²) >= 11 is 13.6. The molecule has 0 spiro atoms. The molecule has 7 heteroatoms. The highest BCUT2D eigenvalue weighted by Gasteiger charge is 2.26. The highest BCUT2D eigenvalue weighted by Crippen LogP contribution is 2.23. The van der Waals surface area contributed by atoms with Crippen LogP contribution in [0.5, 0.6) is 0 Å². The molecule has 0 bridgehead atoms. The highest BCUT2D eigenvalue weighted by atomic mass is 35.5. The summed E-state index contributed by atoms with van der Waals surface area (Å²) in [5, 5.41) is 4.09. The van der Waals surface area contributed by atoms with Crippen molar-refractivity contribution in [1.29, 1.82) is 0 Å². The van der Waals surface area contributed by atoms with Crippen LogP contribution in [0, 0.1) is 0 Å². The molecule has 2 amide bonds. The molecule has 0 radical (unpaired) electrons. The van der Waals surface area contributed by atoms with Crippen molar-refractivity contribution in [1.82, 2.24) is 10.2 Å². The summed E-state index contributed by atoms with van der Waals surface area (Å²) in [5.74, 6) is -0.0740. The van der Waals surface area contributed by atoms with Gasteiger partial charge < -0.3 is 10.2 Å². The van der Waals surface area contributed by atoms with Crippen LogP contribution in [0.3, 0.4) is 0 Å². The van der Waals surface area contributed by atoms with Crippen LogP contribution in [-0.4, -0.2) is 35.1 Å². The van der Waals surface area contributed by atoms with E-state index in [0.717, 1.165) is 16.9 Å². The SMILES string of the molecule is CCCNC(=O)[C@@H](C)N(Cc1ccccc1Cl)C(=O)CSc1ccc(Cl)cc1. The number of carbonyl (C=O) groups is 2. The fraction of sp³-hybridized carbons (Fsp3) is 0.333.